The molecule has 0 aliphatic carbocycles. The third-order valence-electron chi connectivity index (χ3n) is 2.02. The molecule has 0 spiro atoms. The summed E-state index contributed by atoms with van der Waals surface area (Å²) in [5, 5.41) is 0. The number of aryl methyl sites for hydroxylation is 1. The zero-order chi connectivity index (χ0) is 10.4. The van der Waals surface area contributed by atoms with E-state index in [1.54, 1.807) is 0 Å². The van der Waals surface area contributed by atoms with Crippen LogP contribution in [-0.4, -0.2) is 20.4 Å². The van der Waals surface area contributed by atoms with E-state index in [0.717, 1.165) is 5.56 Å². The van der Waals surface area contributed by atoms with Crippen LogP contribution in [0.15, 0.2) is 24.3 Å². The molecule has 0 aromatic heterocycles. The molecule has 0 fully saturated rings. The molecule has 14 heavy (non-hydrogen) atoms. The average molecular weight is 213 g/mol. The highest BCUT2D eigenvalue weighted by Crippen LogP contribution is 2.46. The van der Waals surface area contributed by atoms with Crippen molar-refractivity contribution in [3.63, 3.8) is 0 Å². The third-order valence-corrected chi connectivity index (χ3v) is 3.90. The van der Waals surface area contributed by atoms with Crippen molar-refractivity contribution in [3.05, 3.63) is 35.9 Å². The lowest BCUT2D eigenvalue weighted by Gasteiger charge is -2.12. The van der Waals surface area contributed by atoms with Gasteiger partial charge in [-0.15, -0.1) is 0 Å². The van der Waals surface area contributed by atoms with Crippen LogP contribution in [0.4, 0.5) is 0 Å². The van der Waals surface area contributed by atoms with Gasteiger partial charge in [0.1, 0.15) is 0 Å². The molecule has 4 heteroatoms. The summed E-state index contributed by atoms with van der Waals surface area (Å²) in [6, 6.07) is 10.5. The number of hydrogen-bond donors (Lipinski definition) is 0. The standard InChI is InChI=1S/C10H14O3P/c1-12-14(11,13-2)9-8-10-6-4-3-5-7-10/h4-7H,8-9H2,1-2H3. The molecule has 0 amide bonds. The highest BCUT2D eigenvalue weighted by molar-refractivity contribution is 7.53. The number of hydrogen-bond acceptors (Lipinski definition) is 3. The van der Waals surface area contributed by atoms with Gasteiger partial charge in [0, 0.05) is 14.2 Å². The molecule has 1 aromatic carbocycles. The van der Waals surface area contributed by atoms with Crippen LogP contribution in [-0.2, 0) is 20.0 Å². The molecule has 0 N–H and O–H groups in total. The summed E-state index contributed by atoms with van der Waals surface area (Å²) in [5.41, 5.74) is 1.11. The molecule has 77 valence electrons. The van der Waals surface area contributed by atoms with Gasteiger partial charge in [-0.2, -0.15) is 0 Å². The minimum absolute atomic E-state index is 0.407. The Balaban J connectivity index is 2.52. The first kappa shape index (κ1) is 11.4. The van der Waals surface area contributed by atoms with Gasteiger partial charge in [0.25, 0.3) is 0 Å². The van der Waals surface area contributed by atoms with Crippen molar-refractivity contribution in [1.82, 2.24) is 0 Å². The average Bonchev–Trinajstić information content (AvgIpc) is 2.27. The molecule has 0 saturated heterocycles. The molecule has 1 radical (unpaired) electrons. The second-order valence-corrected chi connectivity index (χ2v) is 5.26. The van der Waals surface area contributed by atoms with Crippen molar-refractivity contribution in [2.45, 2.75) is 6.42 Å². The number of rotatable bonds is 5. The summed E-state index contributed by atoms with van der Waals surface area (Å²) in [6.45, 7) is 0. The Morgan fingerprint density at radius 2 is 1.86 bits per heavy atom. The van der Waals surface area contributed by atoms with Gasteiger partial charge in [-0.05, 0) is 18.1 Å². The molecule has 3 nitrogen and oxygen atoms in total. The fraction of sp³-hybridized carbons (Fsp3) is 0.400. The van der Waals surface area contributed by atoms with Crippen molar-refractivity contribution in [2.75, 3.05) is 20.4 Å². The van der Waals surface area contributed by atoms with E-state index in [4.69, 9.17) is 9.05 Å². The van der Waals surface area contributed by atoms with Crippen molar-refractivity contribution < 1.29 is 13.6 Å². The molecule has 1 aromatic rings. The van der Waals surface area contributed by atoms with Crippen LogP contribution < -0.4 is 0 Å². The number of benzene rings is 1. The molecule has 0 aliphatic rings. The van der Waals surface area contributed by atoms with Crippen LogP contribution in [0.2, 0.25) is 0 Å². The topological polar surface area (TPSA) is 35.5 Å². The molecular formula is C10H14O3P. The first-order valence-electron chi connectivity index (χ1n) is 4.36. The second kappa shape index (κ2) is 5.30. The highest BCUT2D eigenvalue weighted by Gasteiger charge is 2.19. The van der Waals surface area contributed by atoms with Crippen LogP contribution in [0.1, 0.15) is 5.56 Å². The Hall–Kier alpha value is -0.630. The van der Waals surface area contributed by atoms with Crippen molar-refractivity contribution in [2.24, 2.45) is 0 Å². The Kier molecular flexibility index (Phi) is 4.33. The molecule has 1 rings (SSSR count). The molecular weight excluding hydrogens is 199 g/mol. The first-order valence-corrected chi connectivity index (χ1v) is 6.08. The Labute approximate surface area is 84.6 Å². The van der Waals surface area contributed by atoms with E-state index in [-0.39, 0.29) is 0 Å². The molecule has 0 bridgehead atoms. The van der Waals surface area contributed by atoms with E-state index < -0.39 is 7.60 Å². The fourth-order valence-corrected chi connectivity index (χ4v) is 2.16. The van der Waals surface area contributed by atoms with Gasteiger partial charge in [0.05, 0.1) is 6.16 Å². The maximum absolute atomic E-state index is 11.7. The van der Waals surface area contributed by atoms with Gasteiger partial charge in [0.15, 0.2) is 0 Å². The Morgan fingerprint density at radius 1 is 1.29 bits per heavy atom. The van der Waals surface area contributed by atoms with Crippen LogP contribution in [0.25, 0.3) is 0 Å². The fourth-order valence-electron chi connectivity index (χ4n) is 1.11. The minimum atomic E-state index is -2.86. The summed E-state index contributed by atoms with van der Waals surface area (Å²) < 4.78 is 21.3. The predicted molar refractivity (Wildman–Crippen MR) is 55.5 cm³/mol. The SMILES string of the molecule is COP(=O)(CCc1cc[c]cc1)OC. The summed E-state index contributed by atoms with van der Waals surface area (Å²) >= 11 is 0. The van der Waals surface area contributed by atoms with Crippen LogP contribution >= 0.6 is 7.60 Å². The van der Waals surface area contributed by atoms with Crippen LogP contribution in [0, 0.1) is 6.07 Å². The lowest BCUT2D eigenvalue weighted by molar-refractivity contribution is 0.276. The summed E-state index contributed by atoms with van der Waals surface area (Å²) in [4.78, 5) is 0. The van der Waals surface area contributed by atoms with E-state index in [2.05, 4.69) is 6.07 Å². The summed E-state index contributed by atoms with van der Waals surface area (Å²) in [7, 11) is -0.0452. The predicted octanol–water partition coefficient (Wildman–Crippen LogP) is 2.52. The third kappa shape index (κ3) is 3.26. The van der Waals surface area contributed by atoms with Gasteiger partial charge in [-0.25, -0.2) is 0 Å². The zero-order valence-electron chi connectivity index (χ0n) is 8.40. The van der Waals surface area contributed by atoms with Crippen LogP contribution in [0.3, 0.4) is 0 Å². The van der Waals surface area contributed by atoms with E-state index in [1.165, 1.54) is 14.2 Å². The maximum Gasteiger partial charge on any atom is 0.330 e. The summed E-state index contributed by atoms with van der Waals surface area (Å²) in [6.07, 6.45) is 1.09. The minimum Gasteiger partial charge on any atom is -0.312 e. The first-order chi connectivity index (χ1) is 6.70. The van der Waals surface area contributed by atoms with Crippen molar-refractivity contribution in [1.29, 1.82) is 0 Å². The molecule has 0 atom stereocenters. The molecule has 0 saturated carbocycles. The lowest BCUT2D eigenvalue weighted by atomic mass is 10.2. The van der Waals surface area contributed by atoms with E-state index in [0.29, 0.717) is 12.6 Å². The highest BCUT2D eigenvalue weighted by atomic mass is 31.2. The largest absolute Gasteiger partial charge is 0.330 e. The summed E-state index contributed by atoms with van der Waals surface area (Å²) in [5.74, 6) is 0. The van der Waals surface area contributed by atoms with Gasteiger partial charge in [-0.3, -0.25) is 4.57 Å². The van der Waals surface area contributed by atoms with Gasteiger partial charge < -0.3 is 9.05 Å². The second-order valence-electron chi connectivity index (χ2n) is 2.86. The van der Waals surface area contributed by atoms with Gasteiger partial charge in [-0.1, -0.05) is 24.3 Å². The van der Waals surface area contributed by atoms with Crippen molar-refractivity contribution >= 4 is 7.60 Å². The van der Waals surface area contributed by atoms with E-state index >= 15 is 0 Å². The normalized spacial score (nSPS) is 11.6. The monoisotopic (exact) mass is 213 g/mol. The Bertz CT molecular complexity index is 302. The van der Waals surface area contributed by atoms with E-state index in [1.807, 2.05) is 24.3 Å². The quantitative estimate of drug-likeness (QED) is 0.705. The zero-order valence-corrected chi connectivity index (χ0v) is 9.29. The van der Waals surface area contributed by atoms with Crippen molar-refractivity contribution in [3.8, 4) is 0 Å². The molecule has 0 aliphatic heterocycles. The van der Waals surface area contributed by atoms with Gasteiger partial charge in [0.2, 0.25) is 0 Å². The Morgan fingerprint density at radius 3 is 2.36 bits per heavy atom. The molecule has 0 heterocycles. The maximum atomic E-state index is 11.7. The smallest absolute Gasteiger partial charge is 0.312 e. The van der Waals surface area contributed by atoms with Gasteiger partial charge >= 0.3 is 7.60 Å². The lowest BCUT2D eigenvalue weighted by Crippen LogP contribution is -1.98. The molecule has 0 unspecified atom stereocenters. The van der Waals surface area contributed by atoms with E-state index in [9.17, 15) is 4.57 Å². The van der Waals surface area contributed by atoms with Crippen LogP contribution in [0.5, 0.6) is 0 Å².